The maximum Gasteiger partial charge on any atom is 0.254 e. The monoisotopic (exact) mass is 520 g/mol. The number of methoxy groups -OCH3 is 1. The SMILES string of the molecule is CCCCc1ccc(N[S+]([O-])Nc2ccc(C)c(C(=O)N3CCN(c4ccccc4OC)CC3)c2)cc1. The molecule has 8 heteroatoms. The third-order valence-electron chi connectivity index (χ3n) is 6.65. The number of ether oxygens (including phenoxy) is 1. The Kier molecular flexibility index (Phi) is 9.19. The largest absolute Gasteiger partial charge is 0.568 e. The van der Waals surface area contributed by atoms with Gasteiger partial charge < -0.3 is 19.1 Å². The van der Waals surface area contributed by atoms with Gasteiger partial charge in [0.1, 0.15) is 5.75 Å². The molecule has 37 heavy (non-hydrogen) atoms. The molecule has 0 spiro atoms. The molecule has 0 bridgehead atoms. The second kappa shape index (κ2) is 12.7. The lowest BCUT2D eigenvalue weighted by molar-refractivity contribution is 0.0746. The van der Waals surface area contributed by atoms with E-state index in [1.807, 2.05) is 60.4 Å². The molecule has 3 aromatic rings. The highest BCUT2D eigenvalue weighted by atomic mass is 32.2. The number of hydrogen-bond donors (Lipinski definition) is 2. The number of piperazine rings is 1. The first-order chi connectivity index (χ1) is 18.0. The highest BCUT2D eigenvalue weighted by Crippen LogP contribution is 2.29. The molecule has 0 radical (unpaired) electrons. The smallest absolute Gasteiger partial charge is 0.254 e. The predicted molar refractivity (Wildman–Crippen MR) is 153 cm³/mol. The van der Waals surface area contributed by atoms with Gasteiger partial charge in [0.15, 0.2) is 11.5 Å². The molecular formula is C29H36N4O3S. The van der Waals surface area contributed by atoms with E-state index in [2.05, 4.69) is 33.4 Å². The molecule has 1 unspecified atom stereocenters. The highest BCUT2D eigenvalue weighted by molar-refractivity contribution is 7.94. The lowest BCUT2D eigenvalue weighted by Gasteiger charge is -2.36. The average molecular weight is 521 g/mol. The number of amides is 1. The summed E-state index contributed by atoms with van der Waals surface area (Å²) in [5.41, 5.74) is 5.24. The maximum atomic E-state index is 13.4. The van der Waals surface area contributed by atoms with E-state index >= 15 is 0 Å². The summed E-state index contributed by atoms with van der Waals surface area (Å²) in [6.45, 7) is 6.81. The van der Waals surface area contributed by atoms with E-state index in [1.54, 1.807) is 13.2 Å². The summed E-state index contributed by atoms with van der Waals surface area (Å²) in [5.74, 6) is 0.827. The van der Waals surface area contributed by atoms with Crippen LogP contribution in [0.5, 0.6) is 5.75 Å². The van der Waals surface area contributed by atoms with Crippen LogP contribution in [-0.2, 0) is 18.0 Å². The first-order valence-electron chi connectivity index (χ1n) is 12.8. The van der Waals surface area contributed by atoms with Crippen LogP contribution in [0.3, 0.4) is 0 Å². The molecule has 196 valence electrons. The van der Waals surface area contributed by atoms with Gasteiger partial charge in [-0.25, -0.2) is 0 Å². The van der Waals surface area contributed by atoms with Crippen LogP contribution in [0.4, 0.5) is 17.1 Å². The topological polar surface area (TPSA) is 79.9 Å². The van der Waals surface area contributed by atoms with E-state index in [-0.39, 0.29) is 5.91 Å². The van der Waals surface area contributed by atoms with Gasteiger partial charge in [0.05, 0.1) is 24.2 Å². The van der Waals surface area contributed by atoms with Gasteiger partial charge in [-0.15, -0.1) is 0 Å². The van der Waals surface area contributed by atoms with Crippen molar-refractivity contribution < 1.29 is 14.1 Å². The van der Waals surface area contributed by atoms with Gasteiger partial charge in [0, 0.05) is 31.7 Å². The third kappa shape index (κ3) is 6.90. The Morgan fingerprint density at radius 3 is 2.35 bits per heavy atom. The van der Waals surface area contributed by atoms with Crippen molar-refractivity contribution in [1.82, 2.24) is 4.90 Å². The third-order valence-corrected chi connectivity index (χ3v) is 7.50. The molecule has 4 rings (SSSR count). The Hall–Kier alpha value is -3.36. The van der Waals surface area contributed by atoms with Crippen molar-refractivity contribution in [2.24, 2.45) is 0 Å². The van der Waals surface area contributed by atoms with Gasteiger partial charge in [-0.05, 0) is 67.3 Å². The Labute approximate surface area is 223 Å². The number of para-hydroxylation sites is 2. The minimum Gasteiger partial charge on any atom is -0.568 e. The van der Waals surface area contributed by atoms with Crippen LogP contribution in [-0.4, -0.2) is 48.6 Å². The standard InChI is InChI=1S/C29H36N4O3S/c1-4-5-8-23-12-15-24(16-13-23)30-37(35)31-25-14-11-22(2)26(21-25)29(34)33-19-17-32(18-20-33)27-9-6-7-10-28(27)36-3/h6-7,9-16,21,30-31H,4-5,8,17-20H2,1-3H3. The molecule has 1 saturated heterocycles. The van der Waals surface area contributed by atoms with Crippen molar-refractivity contribution >= 4 is 34.5 Å². The number of unbranched alkanes of at least 4 members (excludes halogenated alkanes) is 1. The van der Waals surface area contributed by atoms with E-state index in [0.29, 0.717) is 24.3 Å². The number of benzene rings is 3. The molecule has 1 aliphatic heterocycles. The zero-order valence-electron chi connectivity index (χ0n) is 21.8. The number of anilines is 3. The number of carbonyl (C=O) groups excluding carboxylic acids is 1. The number of carbonyl (C=O) groups is 1. The fourth-order valence-corrected chi connectivity index (χ4v) is 5.23. The molecular weight excluding hydrogens is 484 g/mol. The summed E-state index contributed by atoms with van der Waals surface area (Å²) in [6, 6.07) is 21.5. The second-order valence-corrected chi connectivity index (χ2v) is 10.2. The number of rotatable bonds is 10. The zero-order valence-corrected chi connectivity index (χ0v) is 22.6. The minimum absolute atomic E-state index is 0.0118. The summed E-state index contributed by atoms with van der Waals surface area (Å²) in [4.78, 5) is 17.5. The van der Waals surface area contributed by atoms with Gasteiger partial charge >= 0.3 is 0 Å². The Balaban J connectivity index is 1.35. The Morgan fingerprint density at radius 2 is 1.65 bits per heavy atom. The first-order valence-corrected chi connectivity index (χ1v) is 14.0. The molecule has 2 N–H and O–H groups in total. The van der Waals surface area contributed by atoms with Crippen LogP contribution in [0.25, 0.3) is 0 Å². The molecule has 0 saturated carbocycles. The number of hydrogen-bond acceptors (Lipinski definition) is 6. The molecule has 1 aliphatic rings. The Bertz CT molecular complexity index is 1180. The maximum absolute atomic E-state index is 13.4. The molecule has 1 heterocycles. The van der Waals surface area contributed by atoms with Crippen LogP contribution in [0.1, 0.15) is 41.3 Å². The van der Waals surface area contributed by atoms with Crippen LogP contribution < -0.4 is 19.1 Å². The fraction of sp³-hybridized carbons (Fsp3) is 0.345. The summed E-state index contributed by atoms with van der Waals surface area (Å²) in [6.07, 6.45) is 3.37. The zero-order chi connectivity index (χ0) is 26.2. The predicted octanol–water partition coefficient (Wildman–Crippen LogP) is 5.41. The highest BCUT2D eigenvalue weighted by Gasteiger charge is 2.25. The van der Waals surface area contributed by atoms with E-state index in [1.165, 1.54) is 5.56 Å². The average Bonchev–Trinajstić information content (AvgIpc) is 2.93. The van der Waals surface area contributed by atoms with Crippen molar-refractivity contribution in [2.45, 2.75) is 33.1 Å². The molecule has 1 atom stereocenters. The normalized spacial score (nSPS) is 14.3. The van der Waals surface area contributed by atoms with Gasteiger partial charge in [0.25, 0.3) is 5.91 Å². The van der Waals surface area contributed by atoms with E-state index in [9.17, 15) is 9.35 Å². The summed E-state index contributed by atoms with van der Waals surface area (Å²) >= 11 is -1.54. The number of aryl methyl sites for hydroxylation is 2. The summed E-state index contributed by atoms with van der Waals surface area (Å²) in [5, 5.41) is 0. The van der Waals surface area contributed by atoms with Crippen LogP contribution in [0.15, 0.2) is 66.7 Å². The van der Waals surface area contributed by atoms with Gasteiger partial charge in [0.2, 0.25) is 0 Å². The van der Waals surface area contributed by atoms with Crippen LogP contribution in [0, 0.1) is 6.92 Å². The molecule has 1 amide bonds. The summed E-state index contributed by atoms with van der Waals surface area (Å²) in [7, 11) is 1.68. The number of nitrogens with zero attached hydrogens (tertiary/aromatic N) is 2. The quantitative estimate of drug-likeness (QED) is 0.348. The van der Waals surface area contributed by atoms with E-state index in [4.69, 9.17) is 4.74 Å². The van der Waals surface area contributed by atoms with E-state index in [0.717, 1.165) is 55.0 Å². The van der Waals surface area contributed by atoms with Crippen molar-refractivity contribution in [3.05, 3.63) is 83.4 Å². The van der Waals surface area contributed by atoms with Gasteiger partial charge in [-0.2, -0.15) is 9.44 Å². The van der Waals surface area contributed by atoms with Crippen molar-refractivity contribution in [2.75, 3.05) is 47.6 Å². The molecule has 7 nitrogen and oxygen atoms in total. The second-order valence-electron chi connectivity index (χ2n) is 9.25. The Morgan fingerprint density at radius 1 is 0.973 bits per heavy atom. The van der Waals surface area contributed by atoms with Crippen LogP contribution >= 0.6 is 0 Å². The van der Waals surface area contributed by atoms with Gasteiger partial charge in [-0.1, -0.05) is 43.7 Å². The van der Waals surface area contributed by atoms with Crippen LogP contribution in [0.2, 0.25) is 0 Å². The minimum atomic E-state index is -1.54. The van der Waals surface area contributed by atoms with Crippen molar-refractivity contribution in [3.8, 4) is 5.75 Å². The fourth-order valence-electron chi connectivity index (χ4n) is 4.49. The molecule has 0 aliphatic carbocycles. The molecule has 1 fully saturated rings. The lowest BCUT2D eigenvalue weighted by atomic mass is 10.1. The van der Waals surface area contributed by atoms with Crippen molar-refractivity contribution in [3.63, 3.8) is 0 Å². The first kappa shape index (κ1) is 26.7. The van der Waals surface area contributed by atoms with Gasteiger partial charge in [-0.3, -0.25) is 4.79 Å². The number of nitrogens with one attached hydrogen (secondary N) is 2. The van der Waals surface area contributed by atoms with E-state index < -0.39 is 11.5 Å². The summed E-state index contributed by atoms with van der Waals surface area (Å²) < 4.78 is 24.2. The molecule has 0 aromatic heterocycles. The molecule has 3 aromatic carbocycles. The lowest BCUT2D eigenvalue weighted by Crippen LogP contribution is -2.49. The van der Waals surface area contributed by atoms with Crippen molar-refractivity contribution in [1.29, 1.82) is 0 Å².